The third kappa shape index (κ3) is 2.34. The monoisotopic (exact) mass is 295 g/mol. The average molecular weight is 296 g/mol. The minimum atomic E-state index is -0.969. The number of methoxy groups -OCH3 is 1. The van der Waals surface area contributed by atoms with Crippen LogP contribution in [0.2, 0.25) is 0 Å². The van der Waals surface area contributed by atoms with E-state index in [4.69, 9.17) is 9.84 Å². The second-order valence-electron chi connectivity index (χ2n) is 3.44. The lowest BCUT2D eigenvalue weighted by molar-refractivity contribution is 0.0691. The quantitative estimate of drug-likeness (QED) is 0.914. The van der Waals surface area contributed by atoms with E-state index in [1.165, 1.54) is 6.07 Å². The fourth-order valence-corrected chi connectivity index (χ4v) is 2.06. The summed E-state index contributed by atoms with van der Waals surface area (Å²) >= 11 is 3.39. The number of carbonyl (C=O) groups is 1. The van der Waals surface area contributed by atoms with Crippen molar-refractivity contribution in [2.75, 3.05) is 7.11 Å². The molecule has 0 spiro atoms. The molecule has 0 bridgehead atoms. The number of aromatic amines is 1. The van der Waals surface area contributed by atoms with Crippen LogP contribution in [-0.2, 0) is 0 Å². The first-order valence-corrected chi connectivity index (χ1v) is 5.67. The number of carboxylic acids is 1. The van der Waals surface area contributed by atoms with Crippen LogP contribution in [-0.4, -0.2) is 23.2 Å². The smallest absolute Gasteiger partial charge is 0.352 e. The second kappa shape index (κ2) is 4.63. The minimum Gasteiger partial charge on any atom is -0.496 e. The lowest BCUT2D eigenvalue weighted by atomic mass is 10.1. The van der Waals surface area contributed by atoms with Gasteiger partial charge in [-0.25, -0.2) is 4.79 Å². The summed E-state index contributed by atoms with van der Waals surface area (Å²) in [6, 6.07) is 8.82. The molecule has 1 aromatic carbocycles. The number of benzene rings is 1. The fourth-order valence-electron chi connectivity index (χ4n) is 1.52. The molecule has 0 amide bonds. The fraction of sp³-hybridized carbons (Fsp3) is 0.0833. The topological polar surface area (TPSA) is 62.3 Å². The first kappa shape index (κ1) is 11.7. The van der Waals surface area contributed by atoms with Crippen molar-refractivity contribution in [3.63, 3.8) is 0 Å². The number of hydrogen-bond donors (Lipinski definition) is 2. The van der Waals surface area contributed by atoms with Gasteiger partial charge < -0.3 is 14.8 Å². The van der Waals surface area contributed by atoms with Crippen molar-refractivity contribution < 1.29 is 14.6 Å². The molecule has 2 N–H and O–H groups in total. The summed E-state index contributed by atoms with van der Waals surface area (Å²) in [5.41, 5.74) is 1.82. The molecule has 0 aliphatic heterocycles. The maximum atomic E-state index is 10.8. The second-order valence-corrected chi connectivity index (χ2v) is 4.29. The largest absolute Gasteiger partial charge is 0.496 e. The molecule has 2 aromatic rings. The van der Waals surface area contributed by atoms with Crippen molar-refractivity contribution >= 4 is 21.9 Å². The van der Waals surface area contributed by atoms with E-state index in [2.05, 4.69) is 20.9 Å². The Kier molecular flexibility index (Phi) is 3.19. The van der Waals surface area contributed by atoms with Crippen molar-refractivity contribution in [2.45, 2.75) is 0 Å². The molecular formula is C12H10BrNO3. The number of hydrogen-bond acceptors (Lipinski definition) is 2. The molecule has 1 aromatic heterocycles. The Labute approximate surface area is 106 Å². The number of nitrogens with one attached hydrogen (secondary N) is 1. The van der Waals surface area contributed by atoms with E-state index in [9.17, 15) is 4.79 Å². The van der Waals surface area contributed by atoms with Crippen LogP contribution in [0.5, 0.6) is 5.75 Å². The molecule has 17 heavy (non-hydrogen) atoms. The Morgan fingerprint density at radius 3 is 2.65 bits per heavy atom. The number of rotatable bonds is 3. The molecular weight excluding hydrogens is 286 g/mol. The molecule has 88 valence electrons. The van der Waals surface area contributed by atoms with Crippen molar-refractivity contribution in [1.29, 1.82) is 0 Å². The van der Waals surface area contributed by atoms with Gasteiger partial charge in [0.15, 0.2) is 0 Å². The number of halogens is 1. The molecule has 0 saturated heterocycles. The Balaban J connectivity index is 2.39. The van der Waals surface area contributed by atoms with Crippen LogP contribution in [0.4, 0.5) is 0 Å². The third-order valence-corrected chi connectivity index (χ3v) is 3.00. The van der Waals surface area contributed by atoms with E-state index in [1.807, 2.05) is 18.2 Å². The van der Waals surface area contributed by atoms with E-state index in [0.29, 0.717) is 0 Å². The minimum absolute atomic E-state index is 0.173. The van der Waals surface area contributed by atoms with Gasteiger partial charge in [-0.05, 0) is 51.8 Å². The van der Waals surface area contributed by atoms with Crippen LogP contribution in [0, 0.1) is 0 Å². The van der Waals surface area contributed by atoms with Gasteiger partial charge in [0.05, 0.1) is 11.6 Å². The highest BCUT2D eigenvalue weighted by molar-refractivity contribution is 9.10. The van der Waals surface area contributed by atoms with Crippen molar-refractivity contribution in [3.8, 4) is 17.0 Å². The summed E-state index contributed by atoms with van der Waals surface area (Å²) in [6.45, 7) is 0. The predicted molar refractivity (Wildman–Crippen MR) is 67.4 cm³/mol. The van der Waals surface area contributed by atoms with Gasteiger partial charge in [0.1, 0.15) is 11.4 Å². The summed E-state index contributed by atoms with van der Waals surface area (Å²) < 4.78 is 5.95. The van der Waals surface area contributed by atoms with Crippen LogP contribution in [0.15, 0.2) is 34.8 Å². The van der Waals surface area contributed by atoms with Crippen LogP contribution < -0.4 is 4.74 Å². The maximum absolute atomic E-state index is 10.8. The number of aromatic carboxylic acids is 1. The van der Waals surface area contributed by atoms with E-state index in [-0.39, 0.29) is 5.69 Å². The molecule has 0 aliphatic carbocycles. The number of carboxylic acid groups (broad SMARTS) is 1. The molecule has 0 fully saturated rings. The first-order valence-electron chi connectivity index (χ1n) is 4.88. The molecule has 0 radical (unpaired) electrons. The van der Waals surface area contributed by atoms with E-state index >= 15 is 0 Å². The molecule has 0 unspecified atom stereocenters. The van der Waals surface area contributed by atoms with Gasteiger partial charge in [-0.3, -0.25) is 0 Å². The summed E-state index contributed by atoms with van der Waals surface area (Å²) in [4.78, 5) is 13.6. The van der Waals surface area contributed by atoms with Crippen molar-refractivity contribution in [3.05, 3.63) is 40.5 Å². The first-order chi connectivity index (χ1) is 8.11. The van der Waals surface area contributed by atoms with Crippen molar-refractivity contribution in [2.24, 2.45) is 0 Å². The van der Waals surface area contributed by atoms with Crippen LogP contribution in [0.25, 0.3) is 11.3 Å². The van der Waals surface area contributed by atoms with Gasteiger partial charge in [0.25, 0.3) is 0 Å². The summed E-state index contributed by atoms with van der Waals surface area (Å²) in [5.74, 6) is -0.234. The Morgan fingerprint density at radius 2 is 2.12 bits per heavy atom. The summed E-state index contributed by atoms with van der Waals surface area (Å²) in [7, 11) is 1.59. The summed E-state index contributed by atoms with van der Waals surface area (Å²) in [6.07, 6.45) is 0. The highest BCUT2D eigenvalue weighted by Gasteiger charge is 2.08. The highest BCUT2D eigenvalue weighted by atomic mass is 79.9. The zero-order chi connectivity index (χ0) is 12.4. The molecule has 2 rings (SSSR count). The molecule has 0 aliphatic rings. The van der Waals surface area contributed by atoms with Gasteiger partial charge in [0.2, 0.25) is 0 Å². The Morgan fingerprint density at radius 1 is 1.35 bits per heavy atom. The van der Waals surface area contributed by atoms with Crippen LogP contribution in [0.3, 0.4) is 0 Å². The molecule has 0 atom stereocenters. The molecule has 0 saturated carbocycles. The van der Waals surface area contributed by atoms with Crippen molar-refractivity contribution in [1.82, 2.24) is 4.98 Å². The Bertz CT molecular complexity index is 563. The zero-order valence-corrected chi connectivity index (χ0v) is 10.6. The predicted octanol–water partition coefficient (Wildman–Crippen LogP) is 3.15. The van der Waals surface area contributed by atoms with Gasteiger partial charge in [-0.2, -0.15) is 0 Å². The van der Waals surface area contributed by atoms with Gasteiger partial charge >= 0.3 is 5.97 Å². The normalized spacial score (nSPS) is 10.2. The number of H-pyrrole nitrogens is 1. The number of aromatic nitrogens is 1. The third-order valence-electron chi connectivity index (χ3n) is 2.38. The SMILES string of the molecule is COc1ccc(-c2ccc(C(=O)O)[nH]2)cc1Br. The highest BCUT2D eigenvalue weighted by Crippen LogP contribution is 2.30. The standard InChI is InChI=1S/C12H10BrNO3/c1-17-11-5-2-7(6-8(11)13)9-3-4-10(14-9)12(15)16/h2-6,14H,1H3,(H,15,16). The van der Waals surface area contributed by atoms with Gasteiger partial charge in [-0.15, -0.1) is 0 Å². The lowest BCUT2D eigenvalue weighted by Crippen LogP contribution is -1.95. The molecule has 5 heteroatoms. The molecule has 4 nitrogen and oxygen atoms in total. The average Bonchev–Trinajstić information content (AvgIpc) is 2.78. The number of ether oxygens (including phenoxy) is 1. The molecule has 1 heterocycles. The summed E-state index contributed by atoms with van der Waals surface area (Å²) in [5, 5.41) is 8.82. The Hall–Kier alpha value is -1.75. The van der Waals surface area contributed by atoms with E-state index < -0.39 is 5.97 Å². The van der Waals surface area contributed by atoms with Gasteiger partial charge in [0, 0.05) is 5.69 Å². The van der Waals surface area contributed by atoms with E-state index in [0.717, 1.165) is 21.5 Å². The van der Waals surface area contributed by atoms with Crippen LogP contribution in [0.1, 0.15) is 10.5 Å². The van der Waals surface area contributed by atoms with Gasteiger partial charge in [-0.1, -0.05) is 0 Å². The maximum Gasteiger partial charge on any atom is 0.352 e. The zero-order valence-electron chi connectivity index (χ0n) is 9.03. The van der Waals surface area contributed by atoms with Crippen LogP contribution >= 0.6 is 15.9 Å². The lowest BCUT2D eigenvalue weighted by Gasteiger charge is -2.05. The van der Waals surface area contributed by atoms with E-state index in [1.54, 1.807) is 13.2 Å².